The number of rotatable bonds is 7. The number of aryl methyl sites for hydroxylation is 2. The Morgan fingerprint density at radius 1 is 1.29 bits per heavy atom. The molecule has 0 amide bonds. The van der Waals surface area contributed by atoms with Gasteiger partial charge in [-0.1, -0.05) is 33.1 Å². The van der Waals surface area contributed by atoms with E-state index in [9.17, 15) is 4.79 Å². The maximum absolute atomic E-state index is 12.3. The molecule has 0 aromatic carbocycles. The quantitative estimate of drug-likeness (QED) is 0.568. The van der Waals surface area contributed by atoms with E-state index in [0.29, 0.717) is 5.82 Å². The Morgan fingerprint density at radius 3 is 2.71 bits per heavy atom. The van der Waals surface area contributed by atoms with Gasteiger partial charge in [-0.15, -0.1) is 22.9 Å². The number of H-pyrrole nitrogens is 1. The Kier molecular flexibility index (Phi) is 5.82. The monoisotopic (exact) mass is 326 g/mol. The molecule has 0 fully saturated rings. The third kappa shape index (κ3) is 3.67. The minimum atomic E-state index is -0.225. The summed E-state index contributed by atoms with van der Waals surface area (Å²) in [7, 11) is 0. The molecule has 21 heavy (non-hydrogen) atoms. The number of nitrogens with one attached hydrogen (secondary N) is 1. The van der Waals surface area contributed by atoms with Crippen molar-refractivity contribution in [3.05, 3.63) is 26.6 Å². The van der Waals surface area contributed by atoms with Crippen molar-refractivity contribution >= 4 is 33.2 Å². The molecule has 0 aliphatic heterocycles. The van der Waals surface area contributed by atoms with Crippen LogP contribution in [0.3, 0.4) is 0 Å². The smallest absolute Gasteiger partial charge is 0.259 e. The van der Waals surface area contributed by atoms with Gasteiger partial charge in [-0.2, -0.15) is 0 Å². The van der Waals surface area contributed by atoms with Crippen molar-refractivity contribution in [3.63, 3.8) is 0 Å². The van der Waals surface area contributed by atoms with Crippen LogP contribution in [0.1, 0.15) is 67.6 Å². The predicted molar refractivity (Wildman–Crippen MR) is 91.7 cm³/mol. The number of thiophene rings is 1. The second-order valence-electron chi connectivity index (χ2n) is 5.47. The lowest BCUT2D eigenvalue weighted by Gasteiger charge is -2.04. The highest BCUT2D eigenvalue weighted by molar-refractivity contribution is 7.18. The molecule has 2 heterocycles. The van der Waals surface area contributed by atoms with E-state index in [1.807, 2.05) is 13.8 Å². The van der Waals surface area contributed by atoms with Gasteiger partial charge in [0.25, 0.3) is 5.56 Å². The number of aromatic nitrogens is 2. The van der Waals surface area contributed by atoms with E-state index in [2.05, 4.69) is 16.9 Å². The minimum absolute atomic E-state index is 0.0531. The summed E-state index contributed by atoms with van der Waals surface area (Å²) in [5, 5.41) is 0.520. The van der Waals surface area contributed by atoms with E-state index >= 15 is 0 Å². The van der Waals surface area contributed by atoms with Crippen LogP contribution >= 0.6 is 22.9 Å². The van der Waals surface area contributed by atoms with Crippen molar-refractivity contribution in [2.75, 3.05) is 0 Å². The van der Waals surface area contributed by atoms with Crippen LogP contribution in [-0.4, -0.2) is 9.97 Å². The molecule has 1 N–H and O–H groups in total. The van der Waals surface area contributed by atoms with Crippen LogP contribution in [0.25, 0.3) is 10.2 Å². The molecule has 0 aliphatic rings. The number of nitrogens with zero attached hydrogens (tertiary/aromatic N) is 1. The molecule has 116 valence electrons. The van der Waals surface area contributed by atoms with Crippen LogP contribution in [0.4, 0.5) is 0 Å². The Morgan fingerprint density at radius 2 is 2.05 bits per heavy atom. The standard InChI is InChI=1S/C16H23ClN2OS/c1-4-6-7-8-9-12-10(3)13-15(20)18-14(11(17)5-2)19-16(13)21-12/h11H,4-9H2,1-3H3,(H,18,19,20). The third-order valence-electron chi connectivity index (χ3n) is 3.83. The summed E-state index contributed by atoms with van der Waals surface area (Å²) in [5.74, 6) is 0.593. The lowest BCUT2D eigenvalue weighted by Crippen LogP contribution is -2.12. The molecule has 0 bridgehead atoms. The van der Waals surface area contributed by atoms with Gasteiger partial charge >= 0.3 is 0 Å². The van der Waals surface area contributed by atoms with Gasteiger partial charge < -0.3 is 4.98 Å². The molecule has 0 saturated carbocycles. The van der Waals surface area contributed by atoms with Gasteiger partial charge in [-0.05, 0) is 31.7 Å². The summed E-state index contributed by atoms with van der Waals surface area (Å²) in [6.07, 6.45) is 6.74. The van der Waals surface area contributed by atoms with Crippen LogP contribution in [0.5, 0.6) is 0 Å². The molecule has 0 radical (unpaired) electrons. The van der Waals surface area contributed by atoms with Crippen LogP contribution in [0.2, 0.25) is 0 Å². The summed E-state index contributed by atoms with van der Waals surface area (Å²) in [4.78, 5) is 21.8. The Labute approximate surface area is 134 Å². The first-order valence-corrected chi connectivity index (χ1v) is 9.00. The number of alkyl halides is 1. The average Bonchev–Trinajstić information content (AvgIpc) is 2.79. The molecule has 0 aliphatic carbocycles. The fourth-order valence-electron chi connectivity index (χ4n) is 2.50. The lowest BCUT2D eigenvalue weighted by molar-refractivity contribution is 0.669. The van der Waals surface area contributed by atoms with E-state index in [4.69, 9.17) is 11.6 Å². The Balaban J connectivity index is 2.31. The molecular formula is C16H23ClN2OS. The number of aromatic amines is 1. The molecule has 1 unspecified atom stereocenters. The summed E-state index contributed by atoms with van der Waals surface area (Å²) in [6.45, 7) is 6.23. The summed E-state index contributed by atoms with van der Waals surface area (Å²) in [5.41, 5.74) is 1.04. The number of fused-ring (bicyclic) bond motifs is 1. The third-order valence-corrected chi connectivity index (χ3v) is 5.59. The predicted octanol–water partition coefficient (Wildman–Crippen LogP) is 5.11. The second kappa shape index (κ2) is 7.41. The first-order chi connectivity index (χ1) is 10.1. The number of hydrogen-bond acceptors (Lipinski definition) is 3. The molecular weight excluding hydrogens is 304 g/mol. The summed E-state index contributed by atoms with van der Waals surface area (Å²) in [6, 6.07) is 0. The lowest BCUT2D eigenvalue weighted by atomic mass is 10.1. The normalized spacial score (nSPS) is 13.0. The molecule has 2 rings (SSSR count). The molecule has 3 nitrogen and oxygen atoms in total. The van der Waals surface area contributed by atoms with E-state index < -0.39 is 0 Å². The van der Waals surface area contributed by atoms with Crippen molar-refractivity contribution in [3.8, 4) is 0 Å². The van der Waals surface area contributed by atoms with Gasteiger partial charge in [-0.3, -0.25) is 4.79 Å². The zero-order valence-corrected chi connectivity index (χ0v) is 14.5. The van der Waals surface area contributed by atoms with Crippen molar-refractivity contribution in [1.29, 1.82) is 0 Å². The SMILES string of the molecule is CCCCCCc1sc2nc(C(Cl)CC)[nH]c(=O)c2c1C. The average molecular weight is 327 g/mol. The zero-order valence-electron chi connectivity index (χ0n) is 13.0. The molecule has 0 spiro atoms. The van der Waals surface area contributed by atoms with Gasteiger partial charge in [0.1, 0.15) is 10.7 Å². The zero-order chi connectivity index (χ0) is 15.4. The minimum Gasteiger partial charge on any atom is -0.309 e. The number of halogens is 1. The maximum atomic E-state index is 12.3. The highest BCUT2D eigenvalue weighted by atomic mass is 35.5. The molecule has 5 heteroatoms. The van der Waals surface area contributed by atoms with Crippen LogP contribution in [0.15, 0.2) is 4.79 Å². The molecule has 2 aromatic heterocycles. The van der Waals surface area contributed by atoms with Crippen molar-refractivity contribution in [1.82, 2.24) is 9.97 Å². The second-order valence-corrected chi connectivity index (χ2v) is 7.08. The van der Waals surface area contributed by atoms with E-state index in [-0.39, 0.29) is 10.9 Å². The van der Waals surface area contributed by atoms with E-state index in [0.717, 1.165) is 28.6 Å². The molecule has 2 aromatic rings. The fraction of sp³-hybridized carbons (Fsp3) is 0.625. The maximum Gasteiger partial charge on any atom is 0.259 e. The first kappa shape index (κ1) is 16.5. The van der Waals surface area contributed by atoms with Crippen LogP contribution in [-0.2, 0) is 6.42 Å². The van der Waals surface area contributed by atoms with Gasteiger partial charge in [0.15, 0.2) is 0 Å². The topological polar surface area (TPSA) is 45.8 Å². The largest absolute Gasteiger partial charge is 0.309 e. The van der Waals surface area contributed by atoms with Crippen molar-refractivity contribution in [2.24, 2.45) is 0 Å². The first-order valence-electron chi connectivity index (χ1n) is 7.74. The van der Waals surface area contributed by atoms with Crippen molar-refractivity contribution < 1.29 is 0 Å². The fourth-order valence-corrected chi connectivity index (χ4v) is 3.83. The Hall–Kier alpha value is -0.870. The van der Waals surface area contributed by atoms with E-state index in [1.165, 1.54) is 30.6 Å². The summed E-state index contributed by atoms with van der Waals surface area (Å²) >= 11 is 7.85. The van der Waals surface area contributed by atoms with Crippen LogP contribution < -0.4 is 5.56 Å². The van der Waals surface area contributed by atoms with Crippen molar-refractivity contribution in [2.45, 2.75) is 64.7 Å². The molecule has 1 atom stereocenters. The van der Waals surface area contributed by atoms with Gasteiger partial charge in [0.05, 0.1) is 10.8 Å². The highest BCUT2D eigenvalue weighted by Crippen LogP contribution is 2.30. The summed E-state index contributed by atoms with van der Waals surface area (Å²) < 4.78 is 0. The van der Waals surface area contributed by atoms with Gasteiger partial charge in [0, 0.05) is 4.88 Å². The number of unbranched alkanes of at least 4 members (excludes halogenated alkanes) is 3. The molecule has 0 saturated heterocycles. The number of hydrogen-bond donors (Lipinski definition) is 1. The van der Waals surface area contributed by atoms with Gasteiger partial charge in [0.2, 0.25) is 0 Å². The highest BCUT2D eigenvalue weighted by Gasteiger charge is 2.16. The van der Waals surface area contributed by atoms with E-state index in [1.54, 1.807) is 11.3 Å². The van der Waals surface area contributed by atoms with Crippen LogP contribution in [0, 0.1) is 6.92 Å². The Bertz CT molecular complexity index is 662. The van der Waals surface area contributed by atoms with Gasteiger partial charge in [-0.25, -0.2) is 4.98 Å².